The Morgan fingerprint density at radius 3 is 2.42 bits per heavy atom. The third kappa shape index (κ3) is 3.31. The van der Waals surface area contributed by atoms with Crippen LogP contribution in [0.4, 0.5) is 5.69 Å². The number of benzene rings is 2. The first-order valence-electron chi connectivity index (χ1n) is 8.58. The number of hydrogen-bond acceptors (Lipinski definition) is 2. The van der Waals surface area contributed by atoms with Crippen molar-refractivity contribution in [2.45, 2.75) is 19.9 Å². The van der Waals surface area contributed by atoms with Crippen LogP contribution in [0, 0.1) is 6.92 Å². The average molecular weight is 321 g/mol. The minimum Gasteiger partial charge on any atom is -0.378 e. The average Bonchev–Trinajstić information content (AvgIpc) is 2.84. The van der Waals surface area contributed by atoms with Crippen LogP contribution in [0.2, 0.25) is 0 Å². The van der Waals surface area contributed by atoms with Gasteiger partial charge in [-0.3, -0.25) is 0 Å². The van der Waals surface area contributed by atoms with Gasteiger partial charge in [-0.25, -0.2) is 0 Å². The Labute approximate surface area is 144 Å². The number of hydrogen-bond donors (Lipinski definition) is 1. The van der Waals surface area contributed by atoms with Crippen LogP contribution in [-0.4, -0.2) is 25.2 Å². The molecule has 0 unspecified atom stereocenters. The molecule has 3 nitrogen and oxygen atoms in total. The maximum absolute atomic E-state index is 3.58. The third-order valence-corrected chi connectivity index (χ3v) is 4.86. The van der Waals surface area contributed by atoms with Gasteiger partial charge < -0.3 is 14.8 Å². The molecule has 1 heterocycles. The van der Waals surface area contributed by atoms with E-state index in [1.165, 1.54) is 33.4 Å². The van der Waals surface area contributed by atoms with Crippen molar-refractivity contribution in [3.8, 4) is 0 Å². The van der Waals surface area contributed by atoms with Crippen molar-refractivity contribution in [1.82, 2.24) is 9.88 Å². The van der Waals surface area contributed by atoms with E-state index < -0.39 is 0 Å². The summed E-state index contributed by atoms with van der Waals surface area (Å²) in [4.78, 5) is 2.13. The van der Waals surface area contributed by atoms with Crippen LogP contribution in [0.5, 0.6) is 0 Å². The van der Waals surface area contributed by atoms with Crippen molar-refractivity contribution in [1.29, 1.82) is 0 Å². The van der Waals surface area contributed by atoms with Gasteiger partial charge in [0, 0.05) is 50.0 Å². The lowest BCUT2D eigenvalue weighted by atomic mass is 10.1. The molecule has 1 aromatic heterocycles. The SMILES string of the molecule is Cc1c(CCNCc2ccc(N(C)C)cc2)c2ccccc2n1C. The second kappa shape index (κ2) is 7.10. The molecule has 24 heavy (non-hydrogen) atoms. The van der Waals surface area contributed by atoms with Gasteiger partial charge in [0.1, 0.15) is 0 Å². The van der Waals surface area contributed by atoms with E-state index in [0.717, 1.165) is 19.5 Å². The highest BCUT2D eigenvalue weighted by Gasteiger charge is 2.10. The normalized spacial score (nSPS) is 11.2. The molecule has 0 fully saturated rings. The number of nitrogens with one attached hydrogen (secondary N) is 1. The summed E-state index contributed by atoms with van der Waals surface area (Å²) in [6, 6.07) is 17.4. The Kier molecular flexibility index (Phi) is 4.91. The molecule has 0 saturated heterocycles. The molecule has 3 rings (SSSR count). The summed E-state index contributed by atoms with van der Waals surface area (Å²) in [5, 5.41) is 4.96. The van der Waals surface area contributed by atoms with Crippen molar-refractivity contribution < 1.29 is 0 Å². The van der Waals surface area contributed by atoms with Crippen molar-refractivity contribution in [3.63, 3.8) is 0 Å². The molecule has 0 aliphatic carbocycles. The molecule has 0 aliphatic heterocycles. The van der Waals surface area contributed by atoms with Gasteiger partial charge in [-0.05, 0) is 49.2 Å². The highest BCUT2D eigenvalue weighted by atomic mass is 15.1. The van der Waals surface area contributed by atoms with Gasteiger partial charge in [0.15, 0.2) is 0 Å². The fourth-order valence-corrected chi connectivity index (χ4v) is 3.27. The second-order valence-corrected chi connectivity index (χ2v) is 6.63. The van der Waals surface area contributed by atoms with Crippen molar-refractivity contribution >= 4 is 16.6 Å². The van der Waals surface area contributed by atoms with Crippen LogP contribution in [0.1, 0.15) is 16.8 Å². The number of aryl methyl sites for hydroxylation is 1. The Balaban J connectivity index is 1.60. The predicted molar refractivity (Wildman–Crippen MR) is 104 cm³/mol. The summed E-state index contributed by atoms with van der Waals surface area (Å²) in [6.07, 6.45) is 1.06. The van der Waals surface area contributed by atoms with Gasteiger partial charge in [0.05, 0.1) is 0 Å². The van der Waals surface area contributed by atoms with E-state index in [-0.39, 0.29) is 0 Å². The third-order valence-electron chi connectivity index (χ3n) is 4.86. The minimum atomic E-state index is 0.914. The number of para-hydroxylation sites is 1. The van der Waals surface area contributed by atoms with Crippen LogP contribution >= 0.6 is 0 Å². The zero-order valence-electron chi connectivity index (χ0n) is 15.1. The molecule has 0 atom stereocenters. The molecule has 0 saturated carbocycles. The monoisotopic (exact) mass is 321 g/mol. The topological polar surface area (TPSA) is 20.2 Å². The molecule has 0 radical (unpaired) electrons. The van der Waals surface area contributed by atoms with Crippen molar-refractivity contribution in [2.75, 3.05) is 25.5 Å². The number of nitrogens with zero attached hydrogens (tertiary/aromatic N) is 2. The quantitative estimate of drug-likeness (QED) is 0.695. The summed E-state index contributed by atoms with van der Waals surface area (Å²) in [6.45, 7) is 4.12. The first-order valence-corrected chi connectivity index (χ1v) is 8.58. The van der Waals surface area contributed by atoms with Crippen molar-refractivity contribution in [2.24, 2.45) is 7.05 Å². The molecule has 3 heteroatoms. The molecular weight excluding hydrogens is 294 g/mol. The first kappa shape index (κ1) is 16.6. The smallest absolute Gasteiger partial charge is 0.0482 e. The van der Waals surface area contributed by atoms with E-state index in [4.69, 9.17) is 0 Å². The molecule has 3 aromatic rings. The van der Waals surface area contributed by atoms with E-state index in [2.05, 4.69) is 91.4 Å². The fourth-order valence-electron chi connectivity index (χ4n) is 3.27. The van der Waals surface area contributed by atoms with Crippen LogP contribution in [0.25, 0.3) is 10.9 Å². The van der Waals surface area contributed by atoms with E-state index in [1.54, 1.807) is 0 Å². The Hall–Kier alpha value is -2.26. The van der Waals surface area contributed by atoms with Crippen LogP contribution in [0.3, 0.4) is 0 Å². The molecule has 0 amide bonds. The van der Waals surface area contributed by atoms with Gasteiger partial charge in [0.2, 0.25) is 0 Å². The summed E-state index contributed by atoms with van der Waals surface area (Å²) < 4.78 is 2.30. The first-order chi connectivity index (χ1) is 11.6. The second-order valence-electron chi connectivity index (χ2n) is 6.63. The number of aromatic nitrogens is 1. The predicted octanol–water partition coefficient (Wildman–Crippen LogP) is 3.89. The van der Waals surface area contributed by atoms with Crippen LogP contribution in [0.15, 0.2) is 48.5 Å². The summed E-state index contributed by atoms with van der Waals surface area (Å²) in [5.41, 5.74) is 6.72. The highest BCUT2D eigenvalue weighted by molar-refractivity contribution is 5.85. The highest BCUT2D eigenvalue weighted by Crippen LogP contribution is 2.24. The Bertz CT molecular complexity index is 813. The fraction of sp³-hybridized carbons (Fsp3) is 0.333. The summed E-state index contributed by atoms with van der Waals surface area (Å²) in [7, 11) is 6.29. The van der Waals surface area contributed by atoms with E-state index in [1.807, 2.05) is 0 Å². The van der Waals surface area contributed by atoms with E-state index >= 15 is 0 Å². The molecule has 0 aliphatic rings. The lowest BCUT2D eigenvalue weighted by molar-refractivity contribution is 0.685. The standard InChI is InChI=1S/C21H27N3/c1-16-19(20-7-5-6-8-21(20)24(16)4)13-14-22-15-17-9-11-18(12-10-17)23(2)3/h5-12,22H,13-15H2,1-4H3. The van der Waals surface area contributed by atoms with Crippen LogP contribution < -0.4 is 10.2 Å². The molecule has 0 bridgehead atoms. The van der Waals surface area contributed by atoms with Gasteiger partial charge in [0.25, 0.3) is 0 Å². The largest absolute Gasteiger partial charge is 0.378 e. The molecule has 126 valence electrons. The maximum atomic E-state index is 3.58. The Morgan fingerprint density at radius 1 is 1.00 bits per heavy atom. The van der Waals surface area contributed by atoms with Gasteiger partial charge in [-0.15, -0.1) is 0 Å². The maximum Gasteiger partial charge on any atom is 0.0482 e. The van der Waals surface area contributed by atoms with E-state index in [0.29, 0.717) is 0 Å². The van der Waals surface area contributed by atoms with Crippen LogP contribution in [-0.2, 0) is 20.0 Å². The Morgan fingerprint density at radius 2 is 1.71 bits per heavy atom. The lowest BCUT2D eigenvalue weighted by Gasteiger charge is -2.13. The molecule has 0 spiro atoms. The van der Waals surface area contributed by atoms with Crippen molar-refractivity contribution in [3.05, 3.63) is 65.4 Å². The molecule has 1 N–H and O–H groups in total. The summed E-state index contributed by atoms with van der Waals surface area (Å²) >= 11 is 0. The molecular formula is C21H27N3. The summed E-state index contributed by atoms with van der Waals surface area (Å²) in [5.74, 6) is 0. The zero-order chi connectivity index (χ0) is 17.1. The minimum absolute atomic E-state index is 0.914. The zero-order valence-corrected chi connectivity index (χ0v) is 15.1. The molecule has 2 aromatic carbocycles. The van der Waals surface area contributed by atoms with E-state index in [9.17, 15) is 0 Å². The number of anilines is 1. The van der Waals surface area contributed by atoms with Gasteiger partial charge >= 0.3 is 0 Å². The van der Waals surface area contributed by atoms with Gasteiger partial charge in [-0.1, -0.05) is 30.3 Å². The number of rotatable bonds is 6. The van der Waals surface area contributed by atoms with Gasteiger partial charge in [-0.2, -0.15) is 0 Å². The lowest BCUT2D eigenvalue weighted by Crippen LogP contribution is -2.17. The number of fused-ring (bicyclic) bond motifs is 1.